The molecule has 7 heteroatoms. The number of anilines is 1. The van der Waals surface area contributed by atoms with Crippen LogP contribution in [-0.4, -0.2) is 38.3 Å². The van der Waals surface area contributed by atoms with Gasteiger partial charge in [0.05, 0.1) is 6.54 Å². The molecule has 94 valence electrons. The lowest BCUT2D eigenvalue weighted by molar-refractivity contribution is 0.520. The Morgan fingerprint density at radius 3 is 2.59 bits per heavy atom. The van der Waals surface area contributed by atoms with Crippen molar-refractivity contribution in [3.8, 4) is 0 Å². The number of hydrogen-bond acceptors (Lipinski definition) is 4. The van der Waals surface area contributed by atoms with Crippen LogP contribution in [-0.2, 0) is 10.0 Å². The van der Waals surface area contributed by atoms with Crippen molar-refractivity contribution < 1.29 is 8.42 Å². The van der Waals surface area contributed by atoms with Crippen LogP contribution >= 0.6 is 11.6 Å². The monoisotopic (exact) mass is 275 g/mol. The van der Waals surface area contributed by atoms with E-state index in [4.69, 9.17) is 11.6 Å². The lowest BCUT2D eigenvalue weighted by atomic mass is 10.4. The van der Waals surface area contributed by atoms with Crippen LogP contribution in [0.2, 0.25) is 0 Å². The van der Waals surface area contributed by atoms with Crippen molar-refractivity contribution >= 4 is 27.4 Å². The van der Waals surface area contributed by atoms with E-state index in [2.05, 4.69) is 16.9 Å². The highest BCUT2D eigenvalue weighted by Gasteiger charge is 2.17. The Bertz CT molecular complexity index is 497. The third kappa shape index (κ3) is 3.69. The summed E-state index contributed by atoms with van der Waals surface area (Å²) in [7, 11) is -0.483. The maximum Gasteiger partial charge on any atom is 0.244 e. The highest BCUT2D eigenvalue weighted by Crippen LogP contribution is 2.14. The van der Waals surface area contributed by atoms with Gasteiger partial charge in [-0.1, -0.05) is 18.2 Å². The summed E-state index contributed by atoms with van der Waals surface area (Å²) in [6, 6.07) is 3.07. The molecule has 1 aromatic heterocycles. The summed E-state index contributed by atoms with van der Waals surface area (Å²) in [4.78, 5) is 4.13. The molecule has 17 heavy (non-hydrogen) atoms. The molecule has 0 bridgehead atoms. The number of aromatic nitrogens is 1. The second kappa shape index (κ2) is 5.48. The van der Waals surface area contributed by atoms with Crippen LogP contribution in [0.5, 0.6) is 0 Å². The molecule has 0 aliphatic heterocycles. The van der Waals surface area contributed by atoms with Gasteiger partial charge >= 0.3 is 0 Å². The van der Waals surface area contributed by atoms with Gasteiger partial charge in [-0.2, -0.15) is 0 Å². The van der Waals surface area contributed by atoms with Gasteiger partial charge in [0, 0.05) is 25.3 Å². The van der Waals surface area contributed by atoms with E-state index in [-0.39, 0.29) is 4.90 Å². The lowest BCUT2D eigenvalue weighted by Gasteiger charge is -2.11. The van der Waals surface area contributed by atoms with Gasteiger partial charge in [0.25, 0.3) is 0 Å². The Morgan fingerprint density at radius 2 is 2.18 bits per heavy atom. The molecule has 0 saturated carbocycles. The predicted molar refractivity (Wildman–Crippen MR) is 68.6 cm³/mol. The number of nitrogens with one attached hydrogen (secondary N) is 1. The standard InChI is InChI=1S/C10H14ClN3O2S/c1-8(11)6-12-10-5-4-9(7-13-10)17(15,16)14(2)3/h4-5,7H,1,6H2,2-3H3,(H,12,13). The molecular formula is C10H14ClN3O2S. The molecule has 0 radical (unpaired) electrons. The summed E-state index contributed by atoms with van der Waals surface area (Å²) in [5.74, 6) is 0.546. The number of sulfonamides is 1. The van der Waals surface area contributed by atoms with Crippen LogP contribution in [0.1, 0.15) is 0 Å². The molecule has 1 aromatic rings. The normalized spacial score (nSPS) is 11.5. The molecule has 0 fully saturated rings. The van der Waals surface area contributed by atoms with E-state index in [1.165, 1.54) is 26.4 Å². The highest BCUT2D eigenvalue weighted by molar-refractivity contribution is 7.89. The first-order valence-electron chi connectivity index (χ1n) is 4.80. The first kappa shape index (κ1) is 14.0. The largest absolute Gasteiger partial charge is 0.365 e. The molecule has 0 saturated heterocycles. The number of pyridine rings is 1. The van der Waals surface area contributed by atoms with E-state index in [0.29, 0.717) is 17.4 Å². The Kier molecular flexibility index (Phi) is 4.50. The second-order valence-corrected chi connectivity index (χ2v) is 6.22. The smallest absolute Gasteiger partial charge is 0.244 e. The fourth-order valence-corrected chi connectivity index (χ4v) is 1.95. The van der Waals surface area contributed by atoms with Crippen LogP contribution in [0, 0.1) is 0 Å². The minimum absolute atomic E-state index is 0.151. The van der Waals surface area contributed by atoms with Crippen LogP contribution in [0.25, 0.3) is 0 Å². The minimum Gasteiger partial charge on any atom is -0.365 e. The third-order valence-electron chi connectivity index (χ3n) is 1.98. The lowest BCUT2D eigenvalue weighted by Crippen LogP contribution is -2.22. The summed E-state index contributed by atoms with van der Waals surface area (Å²) in [6.07, 6.45) is 1.30. The fraction of sp³-hybridized carbons (Fsp3) is 0.300. The van der Waals surface area contributed by atoms with Gasteiger partial charge in [0.2, 0.25) is 10.0 Å². The predicted octanol–water partition coefficient (Wildman–Crippen LogP) is 1.50. The fourth-order valence-electron chi connectivity index (χ4n) is 1.03. The first-order valence-corrected chi connectivity index (χ1v) is 6.61. The maximum atomic E-state index is 11.7. The third-order valence-corrected chi connectivity index (χ3v) is 3.91. The molecule has 1 heterocycles. The van der Waals surface area contributed by atoms with Crippen molar-refractivity contribution in [1.82, 2.24) is 9.29 Å². The molecule has 0 aliphatic rings. The number of hydrogen-bond donors (Lipinski definition) is 1. The minimum atomic E-state index is -3.43. The molecule has 0 atom stereocenters. The van der Waals surface area contributed by atoms with Gasteiger partial charge in [-0.3, -0.25) is 0 Å². The Labute approximate surface area is 106 Å². The number of rotatable bonds is 5. The molecule has 0 aromatic carbocycles. The topological polar surface area (TPSA) is 62.3 Å². The van der Waals surface area contributed by atoms with E-state index >= 15 is 0 Å². The van der Waals surface area contributed by atoms with Crippen LogP contribution in [0.15, 0.2) is 34.8 Å². The van der Waals surface area contributed by atoms with Gasteiger partial charge in [0.1, 0.15) is 10.7 Å². The number of halogens is 1. The van der Waals surface area contributed by atoms with Crippen LogP contribution in [0.3, 0.4) is 0 Å². The molecule has 1 rings (SSSR count). The molecule has 0 aliphatic carbocycles. The molecule has 1 N–H and O–H groups in total. The molecule has 0 unspecified atom stereocenters. The van der Waals surface area contributed by atoms with E-state index < -0.39 is 10.0 Å². The van der Waals surface area contributed by atoms with E-state index in [1.54, 1.807) is 6.07 Å². The van der Waals surface area contributed by atoms with Crippen molar-refractivity contribution in [1.29, 1.82) is 0 Å². The van der Waals surface area contributed by atoms with Gasteiger partial charge in [-0.25, -0.2) is 17.7 Å². The van der Waals surface area contributed by atoms with Crippen molar-refractivity contribution in [2.24, 2.45) is 0 Å². The van der Waals surface area contributed by atoms with Crippen LogP contribution in [0.4, 0.5) is 5.82 Å². The maximum absolute atomic E-state index is 11.7. The molecule has 0 spiro atoms. The van der Waals surface area contributed by atoms with Gasteiger partial charge in [-0.15, -0.1) is 0 Å². The van der Waals surface area contributed by atoms with Crippen molar-refractivity contribution in [3.63, 3.8) is 0 Å². The van der Waals surface area contributed by atoms with Gasteiger partial charge < -0.3 is 5.32 Å². The average Bonchev–Trinajstić information content (AvgIpc) is 2.26. The molecular weight excluding hydrogens is 262 g/mol. The zero-order valence-corrected chi connectivity index (χ0v) is 11.2. The van der Waals surface area contributed by atoms with Gasteiger partial charge in [-0.05, 0) is 12.1 Å². The quantitative estimate of drug-likeness (QED) is 0.885. The second-order valence-electron chi connectivity index (χ2n) is 3.54. The Balaban J connectivity index is 2.85. The first-order chi connectivity index (χ1) is 7.84. The molecule has 0 amide bonds. The van der Waals surface area contributed by atoms with E-state index in [9.17, 15) is 8.42 Å². The summed E-state index contributed by atoms with van der Waals surface area (Å²) in [6.45, 7) is 3.91. The van der Waals surface area contributed by atoms with Gasteiger partial charge in [0.15, 0.2) is 0 Å². The summed E-state index contributed by atoms with van der Waals surface area (Å²) in [5, 5.41) is 3.36. The summed E-state index contributed by atoms with van der Waals surface area (Å²) in [5.41, 5.74) is 0. The van der Waals surface area contributed by atoms with E-state index in [1.807, 2.05) is 0 Å². The Hall–Kier alpha value is -1.11. The zero-order valence-electron chi connectivity index (χ0n) is 9.64. The summed E-state index contributed by atoms with van der Waals surface area (Å²) < 4.78 is 24.6. The SMILES string of the molecule is C=C(Cl)CNc1ccc(S(=O)(=O)N(C)C)cn1. The summed E-state index contributed by atoms with van der Waals surface area (Å²) >= 11 is 5.59. The average molecular weight is 276 g/mol. The van der Waals surface area contributed by atoms with E-state index in [0.717, 1.165) is 4.31 Å². The number of nitrogens with zero attached hydrogens (tertiary/aromatic N) is 2. The van der Waals surface area contributed by atoms with Crippen molar-refractivity contribution in [2.45, 2.75) is 4.90 Å². The van der Waals surface area contributed by atoms with Crippen molar-refractivity contribution in [3.05, 3.63) is 29.9 Å². The zero-order chi connectivity index (χ0) is 13.1. The highest BCUT2D eigenvalue weighted by atomic mass is 35.5. The van der Waals surface area contributed by atoms with Crippen molar-refractivity contribution in [2.75, 3.05) is 26.0 Å². The van der Waals surface area contributed by atoms with Crippen LogP contribution < -0.4 is 5.32 Å². The molecule has 5 nitrogen and oxygen atoms in total. The Morgan fingerprint density at radius 1 is 1.53 bits per heavy atom.